The second-order valence-electron chi connectivity index (χ2n) is 5.81. The molecule has 23 heavy (non-hydrogen) atoms. The van der Waals surface area contributed by atoms with Gasteiger partial charge in [-0.2, -0.15) is 0 Å². The molecule has 122 valence electrons. The van der Waals surface area contributed by atoms with Crippen molar-refractivity contribution in [3.8, 4) is 5.75 Å². The maximum Gasteiger partial charge on any atom is 0.261 e. The molecule has 0 aliphatic carbocycles. The summed E-state index contributed by atoms with van der Waals surface area (Å²) in [4.78, 5) is 12.2. The Labute approximate surface area is 136 Å². The summed E-state index contributed by atoms with van der Waals surface area (Å²) in [6, 6.07) is 10.1. The van der Waals surface area contributed by atoms with Crippen LogP contribution >= 0.6 is 0 Å². The normalized spacial score (nSPS) is 11.9. The number of aryl methyl sites for hydroxylation is 2. The highest BCUT2D eigenvalue weighted by molar-refractivity contribution is 5.80. The van der Waals surface area contributed by atoms with E-state index >= 15 is 0 Å². The van der Waals surface area contributed by atoms with Crippen LogP contribution in [0.4, 0.5) is 4.39 Å². The first-order valence-corrected chi connectivity index (χ1v) is 7.63. The highest BCUT2D eigenvalue weighted by atomic mass is 19.1. The van der Waals surface area contributed by atoms with Gasteiger partial charge in [-0.05, 0) is 68.1 Å². The van der Waals surface area contributed by atoms with Crippen molar-refractivity contribution in [2.45, 2.75) is 40.3 Å². The minimum atomic E-state index is -0.602. The van der Waals surface area contributed by atoms with E-state index in [1.165, 1.54) is 12.1 Å². The number of benzene rings is 2. The number of ether oxygens (including phenoxy) is 1. The molecule has 1 N–H and O–H groups in total. The number of hydrogen-bond acceptors (Lipinski definition) is 2. The maximum absolute atomic E-state index is 12.9. The van der Waals surface area contributed by atoms with Crippen molar-refractivity contribution in [2.24, 2.45) is 0 Å². The predicted molar refractivity (Wildman–Crippen MR) is 89.0 cm³/mol. The van der Waals surface area contributed by atoms with E-state index in [1.807, 2.05) is 26.8 Å². The smallest absolute Gasteiger partial charge is 0.261 e. The third-order valence-corrected chi connectivity index (χ3v) is 3.82. The maximum atomic E-state index is 12.9. The van der Waals surface area contributed by atoms with Crippen LogP contribution in [0.3, 0.4) is 0 Å². The Morgan fingerprint density at radius 3 is 2.48 bits per heavy atom. The molecule has 0 aliphatic rings. The Morgan fingerprint density at radius 1 is 1.17 bits per heavy atom. The summed E-state index contributed by atoms with van der Waals surface area (Å²) in [6.45, 7) is 8.07. The molecule has 0 bridgehead atoms. The van der Waals surface area contributed by atoms with Crippen molar-refractivity contribution in [3.63, 3.8) is 0 Å². The van der Waals surface area contributed by atoms with E-state index in [9.17, 15) is 9.18 Å². The van der Waals surface area contributed by atoms with Crippen LogP contribution in [-0.2, 0) is 11.3 Å². The van der Waals surface area contributed by atoms with E-state index in [0.29, 0.717) is 6.54 Å². The number of halogens is 1. The van der Waals surface area contributed by atoms with Crippen molar-refractivity contribution in [3.05, 3.63) is 64.5 Å². The van der Waals surface area contributed by atoms with Crippen LogP contribution in [0.15, 0.2) is 36.4 Å². The summed E-state index contributed by atoms with van der Waals surface area (Å²) >= 11 is 0. The van der Waals surface area contributed by atoms with Crippen LogP contribution in [0.1, 0.15) is 29.2 Å². The summed E-state index contributed by atoms with van der Waals surface area (Å²) in [5, 5.41) is 2.80. The van der Waals surface area contributed by atoms with Gasteiger partial charge < -0.3 is 10.1 Å². The van der Waals surface area contributed by atoms with Crippen molar-refractivity contribution in [2.75, 3.05) is 0 Å². The molecule has 0 saturated carbocycles. The Morgan fingerprint density at radius 2 is 1.83 bits per heavy atom. The molecule has 4 heteroatoms. The molecule has 0 radical (unpaired) electrons. The molecule has 0 aromatic heterocycles. The molecule has 0 saturated heterocycles. The SMILES string of the molecule is Cc1cc(C)c(C)c(O[C@H](C)C(=O)NCc2ccc(F)cc2)c1. The predicted octanol–water partition coefficient (Wildman–Crippen LogP) is 3.83. The Bertz CT molecular complexity index is 695. The Balaban J connectivity index is 1.96. The molecule has 3 nitrogen and oxygen atoms in total. The minimum Gasteiger partial charge on any atom is -0.481 e. The second-order valence-corrected chi connectivity index (χ2v) is 5.81. The summed E-state index contributed by atoms with van der Waals surface area (Å²) < 4.78 is 18.7. The lowest BCUT2D eigenvalue weighted by Crippen LogP contribution is -2.36. The van der Waals surface area contributed by atoms with Gasteiger partial charge in [0.2, 0.25) is 0 Å². The molecular formula is C19H22FNO2. The molecule has 1 amide bonds. The van der Waals surface area contributed by atoms with E-state index in [0.717, 1.165) is 28.0 Å². The number of carbonyl (C=O) groups is 1. The largest absolute Gasteiger partial charge is 0.481 e. The van der Waals surface area contributed by atoms with E-state index in [-0.39, 0.29) is 11.7 Å². The lowest BCUT2D eigenvalue weighted by molar-refractivity contribution is -0.127. The van der Waals surface area contributed by atoms with E-state index in [2.05, 4.69) is 11.4 Å². The van der Waals surface area contributed by atoms with Gasteiger partial charge in [0.1, 0.15) is 11.6 Å². The summed E-state index contributed by atoms with van der Waals surface area (Å²) in [7, 11) is 0. The number of rotatable bonds is 5. The minimum absolute atomic E-state index is 0.201. The average Bonchev–Trinajstić information content (AvgIpc) is 2.51. The number of hydrogen-bond donors (Lipinski definition) is 1. The van der Waals surface area contributed by atoms with Gasteiger partial charge in [-0.25, -0.2) is 4.39 Å². The molecular weight excluding hydrogens is 293 g/mol. The number of nitrogens with one attached hydrogen (secondary N) is 1. The fraction of sp³-hybridized carbons (Fsp3) is 0.316. The first kappa shape index (κ1) is 17.0. The average molecular weight is 315 g/mol. The Hall–Kier alpha value is -2.36. The summed E-state index contributed by atoms with van der Waals surface area (Å²) in [6.07, 6.45) is -0.602. The molecule has 0 unspecified atom stereocenters. The van der Waals surface area contributed by atoms with Crippen molar-refractivity contribution in [1.82, 2.24) is 5.32 Å². The lowest BCUT2D eigenvalue weighted by atomic mass is 10.1. The van der Waals surface area contributed by atoms with Gasteiger partial charge in [0.25, 0.3) is 5.91 Å². The van der Waals surface area contributed by atoms with Gasteiger partial charge in [0.05, 0.1) is 0 Å². The first-order chi connectivity index (χ1) is 10.9. The van der Waals surface area contributed by atoms with Gasteiger partial charge in [0.15, 0.2) is 6.10 Å². The third-order valence-electron chi connectivity index (χ3n) is 3.82. The molecule has 0 spiro atoms. The zero-order valence-electron chi connectivity index (χ0n) is 13.9. The molecule has 2 aromatic rings. The van der Waals surface area contributed by atoms with Crippen LogP contribution in [0.25, 0.3) is 0 Å². The zero-order chi connectivity index (χ0) is 17.0. The molecule has 0 fully saturated rings. The van der Waals surface area contributed by atoms with Crippen molar-refractivity contribution >= 4 is 5.91 Å². The monoisotopic (exact) mass is 315 g/mol. The first-order valence-electron chi connectivity index (χ1n) is 7.63. The number of amides is 1. The van der Waals surface area contributed by atoms with E-state index < -0.39 is 6.10 Å². The second kappa shape index (κ2) is 7.27. The van der Waals surface area contributed by atoms with Crippen LogP contribution in [0, 0.1) is 26.6 Å². The van der Waals surface area contributed by atoms with Gasteiger partial charge in [0, 0.05) is 6.54 Å². The van der Waals surface area contributed by atoms with Gasteiger partial charge in [-0.3, -0.25) is 4.79 Å². The quantitative estimate of drug-likeness (QED) is 0.910. The van der Waals surface area contributed by atoms with Crippen molar-refractivity contribution in [1.29, 1.82) is 0 Å². The Kier molecular flexibility index (Phi) is 5.37. The van der Waals surface area contributed by atoms with Crippen LogP contribution in [-0.4, -0.2) is 12.0 Å². The molecule has 2 aromatic carbocycles. The highest BCUT2D eigenvalue weighted by Crippen LogP contribution is 2.24. The van der Waals surface area contributed by atoms with Crippen LogP contribution in [0.2, 0.25) is 0 Å². The third kappa shape index (κ3) is 4.55. The zero-order valence-corrected chi connectivity index (χ0v) is 13.9. The fourth-order valence-electron chi connectivity index (χ4n) is 2.30. The van der Waals surface area contributed by atoms with Crippen LogP contribution in [0.5, 0.6) is 5.75 Å². The van der Waals surface area contributed by atoms with Gasteiger partial charge >= 0.3 is 0 Å². The van der Waals surface area contributed by atoms with E-state index in [4.69, 9.17) is 4.74 Å². The van der Waals surface area contributed by atoms with Crippen molar-refractivity contribution < 1.29 is 13.9 Å². The fourth-order valence-corrected chi connectivity index (χ4v) is 2.30. The van der Waals surface area contributed by atoms with Gasteiger partial charge in [-0.15, -0.1) is 0 Å². The number of carbonyl (C=O) groups excluding carboxylic acids is 1. The lowest BCUT2D eigenvalue weighted by Gasteiger charge is -2.18. The topological polar surface area (TPSA) is 38.3 Å². The van der Waals surface area contributed by atoms with Gasteiger partial charge in [-0.1, -0.05) is 18.2 Å². The highest BCUT2D eigenvalue weighted by Gasteiger charge is 2.16. The summed E-state index contributed by atoms with van der Waals surface area (Å²) in [5.41, 5.74) is 4.12. The molecule has 1 atom stereocenters. The standard InChI is InChI=1S/C19H22FNO2/c1-12-9-13(2)14(3)18(10-12)23-15(4)19(22)21-11-16-5-7-17(20)8-6-16/h5-10,15H,11H2,1-4H3,(H,21,22)/t15-/m1/s1. The molecule has 0 aliphatic heterocycles. The molecule has 0 heterocycles. The van der Waals surface area contributed by atoms with Crippen LogP contribution < -0.4 is 10.1 Å². The van der Waals surface area contributed by atoms with E-state index in [1.54, 1.807) is 19.1 Å². The molecule has 2 rings (SSSR count). The summed E-state index contributed by atoms with van der Waals surface area (Å²) in [5.74, 6) is 0.238.